The molecule has 1 heteroatoms. The van der Waals surface area contributed by atoms with E-state index in [2.05, 4.69) is 25.6 Å². The Kier molecular flexibility index (Phi) is 4.11. The summed E-state index contributed by atoms with van der Waals surface area (Å²) < 4.78 is 0. The predicted molar refractivity (Wildman–Crippen MR) is 59.3 cm³/mol. The van der Waals surface area contributed by atoms with Crippen LogP contribution in [-0.4, -0.2) is 5.78 Å². The summed E-state index contributed by atoms with van der Waals surface area (Å²) in [6.45, 7) is 5.67. The second-order valence-electron chi connectivity index (χ2n) is 3.38. The SMILES string of the molecule is C=CCC(=O)Cc1ccc(CC)cc1. The Balaban J connectivity index is 2.59. The minimum atomic E-state index is 0.226. The zero-order chi connectivity index (χ0) is 10.4. The number of ketones is 1. The minimum absolute atomic E-state index is 0.226. The molecule has 0 heterocycles. The van der Waals surface area contributed by atoms with Crippen molar-refractivity contribution in [2.45, 2.75) is 26.2 Å². The van der Waals surface area contributed by atoms with Gasteiger partial charge in [-0.1, -0.05) is 37.3 Å². The van der Waals surface area contributed by atoms with Gasteiger partial charge in [0.1, 0.15) is 5.78 Å². The van der Waals surface area contributed by atoms with Crippen LogP contribution in [0.5, 0.6) is 0 Å². The number of rotatable bonds is 5. The Labute approximate surface area is 85.5 Å². The Hall–Kier alpha value is -1.37. The van der Waals surface area contributed by atoms with Crippen LogP contribution in [0, 0.1) is 0 Å². The van der Waals surface area contributed by atoms with E-state index in [4.69, 9.17) is 0 Å². The van der Waals surface area contributed by atoms with E-state index in [1.165, 1.54) is 5.56 Å². The fraction of sp³-hybridized carbons (Fsp3) is 0.308. The molecule has 0 aromatic heterocycles. The van der Waals surface area contributed by atoms with Crippen molar-refractivity contribution in [2.24, 2.45) is 0 Å². The second-order valence-corrected chi connectivity index (χ2v) is 3.38. The third kappa shape index (κ3) is 3.17. The Morgan fingerprint density at radius 2 is 1.86 bits per heavy atom. The number of carbonyl (C=O) groups excluding carboxylic acids is 1. The van der Waals surface area contributed by atoms with Crippen molar-refractivity contribution < 1.29 is 4.79 Å². The lowest BCUT2D eigenvalue weighted by molar-refractivity contribution is -0.117. The summed E-state index contributed by atoms with van der Waals surface area (Å²) >= 11 is 0. The fourth-order valence-corrected chi connectivity index (χ4v) is 1.35. The molecule has 0 atom stereocenters. The van der Waals surface area contributed by atoms with E-state index in [1.54, 1.807) is 6.08 Å². The van der Waals surface area contributed by atoms with E-state index >= 15 is 0 Å². The molecule has 0 N–H and O–H groups in total. The molecule has 0 amide bonds. The monoisotopic (exact) mass is 188 g/mol. The van der Waals surface area contributed by atoms with Gasteiger partial charge in [-0.2, -0.15) is 0 Å². The highest BCUT2D eigenvalue weighted by Crippen LogP contribution is 2.06. The molecule has 1 aromatic rings. The zero-order valence-corrected chi connectivity index (χ0v) is 8.62. The van der Waals surface area contributed by atoms with Crippen molar-refractivity contribution in [1.82, 2.24) is 0 Å². The maximum absolute atomic E-state index is 11.3. The van der Waals surface area contributed by atoms with E-state index in [0.717, 1.165) is 12.0 Å². The van der Waals surface area contributed by atoms with Gasteiger partial charge < -0.3 is 0 Å². The van der Waals surface area contributed by atoms with Crippen LogP contribution in [0.2, 0.25) is 0 Å². The average Bonchev–Trinajstić information content (AvgIpc) is 2.19. The molecule has 0 fully saturated rings. The average molecular weight is 188 g/mol. The van der Waals surface area contributed by atoms with E-state index in [-0.39, 0.29) is 5.78 Å². The van der Waals surface area contributed by atoms with Gasteiger partial charge in [0.05, 0.1) is 0 Å². The molecule has 0 radical (unpaired) electrons. The van der Waals surface area contributed by atoms with Gasteiger partial charge in [-0.05, 0) is 17.5 Å². The summed E-state index contributed by atoms with van der Waals surface area (Å²) in [5.74, 6) is 0.226. The number of benzene rings is 1. The van der Waals surface area contributed by atoms with Crippen LogP contribution in [0.25, 0.3) is 0 Å². The largest absolute Gasteiger partial charge is 0.299 e. The van der Waals surface area contributed by atoms with Gasteiger partial charge in [-0.3, -0.25) is 4.79 Å². The first-order chi connectivity index (χ1) is 6.76. The number of Topliss-reactive ketones (excluding diaryl/α,β-unsaturated/α-hetero) is 1. The molecular formula is C13H16O. The second kappa shape index (κ2) is 5.38. The number of carbonyl (C=O) groups is 1. The van der Waals surface area contributed by atoms with Crippen LogP contribution in [0.1, 0.15) is 24.5 Å². The van der Waals surface area contributed by atoms with E-state index in [0.29, 0.717) is 12.8 Å². The van der Waals surface area contributed by atoms with E-state index in [9.17, 15) is 4.79 Å². The lowest BCUT2D eigenvalue weighted by Crippen LogP contribution is -2.00. The molecule has 1 aromatic carbocycles. The van der Waals surface area contributed by atoms with Crippen molar-refractivity contribution in [1.29, 1.82) is 0 Å². The molecule has 1 rings (SSSR count). The Bertz CT molecular complexity index is 309. The first-order valence-corrected chi connectivity index (χ1v) is 4.96. The molecule has 74 valence electrons. The maximum atomic E-state index is 11.3. The standard InChI is InChI=1S/C13H16O/c1-3-5-13(14)10-12-8-6-11(4-2)7-9-12/h3,6-9H,1,4-5,10H2,2H3. The van der Waals surface area contributed by atoms with Crippen LogP contribution in [0.15, 0.2) is 36.9 Å². The lowest BCUT2D eigenvalue weighted by Gasteiger charge is -2.00. The summed E-state index contributed by atoms with van der Waals surface area (Å²) in [6, 6.07) is 8.21. The highest BCUT2D eigenvalue weighted by atomic mass is 16.1. The third-order valence-corrected chi connectivity index (χ3v) is 2.20. The summed E-state index contributed by atoms with van der Waals surface area (Å²) in [5, 5.41) is 0. The number of hydrogen-bond acceptors (Lipinski definition) is 1. The molecule has 0 spiro atoms. The molecule has 1 nitrogen and oxygen atoms in total. The number of aryl methyl sites for hydroxylation is 1. The molecule has 0 saturated carbocycles. The number of hydrogen-bond donors (Lipinski definition) is 0. The van der Waals surface area contributed by atoms with Gasteiger partial charge in [0.25, 0.3) is 0 Å². The van der Waals surface area contributed by atoms with Crippen molar-refractivity contribution in [3.63, 3.8) is 0 Å². The molecule has 0 bridgehead atoms. The third-order valence-electron chi connectivity index (χ3n) is 2.20. The molecule has 14 heavy (non-hydrogen) atoms. The molecular weight excluding hydrogens is 172 g/mol. The van der Waals surface area contributed by atoms with Gasteiger partial charge in [-0.25, -0.2) is 0 Å². The highest BCUT2D eigenvalue weighted by Gasteiger charge is 2.00. The first-order valence-electron chi connectivity index (χ1n) is 4.96. The van der Waals surface area contributed by atoms with Crippen molar-refractivity contribution >= 4 is 5.78 Å². The molecule has 0 aliphatic rings. The lowest BCUT2D eigenvalue weighted by atomic mass is 10.0. The zero-order valence-electron chi connectivity index (χ0n) is 8.62. The van der Waals surface area contributed by atoms with Gasteiger partial charge >= 0.3 is 0 Å². The van der Waals surface area contributed by atoms with Gasteiger partial charge in [0.15, 0.2) is 0 Å². The normalized spacial score (nSPS) is 9.79. The summed E-state index contributed by atoms with van der Waals surface area (Å²) in [5.41, 5.74) is 2.40. The topological polar surface area (TPSA) is 17.1 Å². The van der Waals surface area contributed by atoms with Crippen LogP contribution >= 0.6 is 0 Å². The first kappa shape index (κ1) is 10.7. The molecule has 0 saturated heterocycles. The van der Waals surface area contributed by atoms with Crippen molar-refractivity contribution in [2.75, 3.05) is 0 Å². The van der Waals surface area contributed by atoms with Gasteiger partial charge in [0, 0.05) is 12.8 Å². The molecule has 0 unspecified atom stereocenters. The highest BCUT2D eigenvalue weighted by molar-refractivity contribution is 5.82. The summed E-state index contributed by atoms with van der Waals surface area (Å²) in [7, 11) is 0. The summed E-state index contributed by atoms with van der Waals surface area (Å²) in [4.78, 5) is 11.3. The quantitative estimate of drug-likeness (QED) is 0.649. The smallest absolute Gasteiger partial charge is 0.140 e. The Morgan fingerprint density at radius 3 is 2.36 bits per heavy atom. The van der Waals surface area contributed by atoms with Crippen LogP contribution in [-0.2, 0) is 17.6 Å². The fourth-order valence-electron chi connectivity index (χ4n) is 1.35. The van der Waals surface area contributed by atoms with Crippen molar-refractivity contribution in [3.05, 3.63) is 48.0 Å². The van der Waals surface area contributed by atoms with Crippen LogP contribution < -0.4 is 0 Å². The molecule has 0 aliphatic carbocycles. The van der Waals surface area contributed by atoms with E-state index < -0.39 is 0 Å². The van der Waals surface area contributed by atoms with Crippen molar-refractivity contribution in [3.8, 4) is 0 Å². The molecule has 0 aliphatic heterocycles. The van der Waals surface area contributed by atoms with E-state index in [1.807, 2.05) is 12.1 Å². The predicted octanol–water partition coefficient (Wildman–Crippen LogP) is 2.94. The van der Waals surface area contributed by atoms with Gasteiger partial charge in [0.2, 0.25) is 0 Å². The van der Waals surface area contributed by atoms with Crippen LogP contribution in [0.4, 0.5) is 0 Å². The Morgan fingerprint density at radius 1 is 1.29 bits per heavy atom. The minimum Gasteiger partial charge on any atom is -0.299 e. The number of allylic oxidation sites excluding steroid dienone is 1. The summed E-state index contributed by atoms with van der Waals surface area (Å²) in [6.07, 6.45) is 3.69. The van der Waals surface area contributed by atoms with Gasteiger partial charge in [-0.15, -0.1) is 6.58 Å². The van der Waals surface area contributed by atoms with Crippen LogP contribution in [0.3, 0.4) is 0 Å². The maximum Gasteiger partial charge on any atom is 0.140 e.